The minimum atomic E-state index is -3.37. The molecular formula is C16H23NO2S. The Balaban J connectivity index is 2.34. The van der Waals surface area contributed by atoms with Crippen LogP contribution in [0, 0.1) is 0 Å². The van der Waals surface area contributed by atoms with Crippen LogP contribution in [-0.4, -0.2) is 18.7 Å². The maximum atomic E-state index is 12.5. The third-order valence-electron chi connectivity index (χ3n) is 3.84. The predicted molar refractivity (Wildman–Crippen MR) is 83.9 cm³/mol. The van der Waals surface area contributed by atoms with Crippen LogP contribution in [0.15, 0.2) is 36.4 Å². The lowest BCUT2D eigenvalue weighted by molar-refractivity contribution is 0.482. The van der Waals surface area contributed by atoms with Crippen molar-refractivity contribution in [3.63, 3.8) is 0 Å². The first kappa shape index (κ1) is 15.3. The molecule has 0 aromatic heterocycles. The van der Waals surface area contributed by atoms with E-state index in [0.29, 0.717) is 0 Å². The molecule has 1 aromatic carbocycles. The Morgan fingerprint density at radius 3 is 2.30 bits per heavy atom. The maximum absolute atomic E-state index is 12.5. The van der Waals surface area contributed by atoms with E-state index in [0.717, 1.165) is 24.0 Å². The van der Waals surface area contributed by atoms with Gasteiger partial charge in [0.1, 0.15) is 0 Å². The lowest BCUT2D eigenvalue weighted by Gasteiger charge is -2.33. The van der Waals surface area contributed by atoms with Crippen LogP contribution in [0.2, 0.25) is 0 Å². The van der Waals surface area contributed by atoms with Crippen molar-refractivity contribution in [2.75, 3.05) is 0 Å². The van der Waals surface area contributed by atoms with Gasteiger partial charge in [0.15, 0.2) is 0 Å². The molecule has 0 spiro atoms. The summed E-state index contributed by atoms with van der Waals surface area (Å²) in [4.78, 5) is 0. The molecule has 1 N–H and O–H groups in total. The number of allylic oxidation sites excluding steroid dienone is 1. The third kappa shape index (κ3) is 2.81. The molecule has 0 amide bonds. The summed E-state index contributed by atoms with van der Waals surface area (Å²) in [6.45, 7) is 7.14. The van der Waals surface area contributed by atoms with Crippen LogP contribution < -0.4 is 4.72 Å². The summed E-state index contributed by atoms with van der Waals surface area (Å²) in [6.07, 6.45) is 3.83. The minimum absolute atomic E-state index is 0.520. The Bertz CT molecular complexity index is 612. The highest BCUT2D eigenvalue weighted by atomic mass is 32.2. The molecule has 1 aliphatic carbocycles. The molecule has 1 aromatic rings. The van der Waals surface area contributed by atoms with Crippen molar-refractivity contribution < 1.29 is 8.42 Å². The number of hydrogen-bond acceptors (Lipinski definition) is 2. The van der Waals surface area contributed by atoms with Gasteiger partial charge >= 0.3 is 0 Å². The SMILES string of the molecule is CC1(NS(=O)(=O)C(C)(C)C)CCC=C1c1ccccc1. The van der Waals surface area contributed by atoms with Gasteiger partial charge in [-0.15, -0.1) is 0 Å². The normalized spacial score (nSPS) is 23.7. The van der Waals surface area contributed by atoms with E-state index in [4.69, 9.17) is 0 Å². The highest BCUT2D eigenvalue weighted by molar-refractivity contribution is 7.90. The number of sulfonamides is 1. The van der Waals surface area contributed by atoms with E-state index < -0.39 is 20.3 Å². The van der Waals surface area contributed by atoms with Gasteiger partial charge in [0, 0.05) is 0 Å². The molecule has 1 aliphatic rings. The molecule has 1 unspecified atom stereocenters. The van der Waals surface area contributed by atoms with Crippen molar-refractivity contribution in [1.29, 1.82) is 0 Å². The molecule has 0 saturated carbocycles. The van der Waals surface area contributed by atoms with Crippen LogP contribution >= 0.6 is 0 Å². The van der Waals surface area contributed by atoms with Crippen molar-refractivity contribution in [3.8, 4) is 0 Å². The van der Waals surface area contributed by atoms with Gasteiger partial charge in [0.2, 0.25) is 10.0 Å². The molecule has 0 fully saturated rings. The summed E-state index contributed by atoms with van der Waals surface area (Å²) < 4.78 is 27.0. The average Bonchev–Trinajstić information content (AvgIpc) is 2.69. The molecule has 0 bridgehead atoms. The van der Waals surface area contributed by atoms with E-state index in [2.05, 4.69) is 10.8 Å². The Labute approximate surface area is 122 Å². The van der Waals surface area contributed by atoms with Crippen LogP contribution in [0.4, 0.5) is 0 Å². The topological polar surface area (TPSA) is 46.2 Å². The first-order valence-electron chi connectivity index (χ1n) is 6.95. The standard InChI is InChI=1S/C16H23NO2S/c1-15(2,3)20(18,19)17-16(4)12-8-11-14(16)13-9-6-5-7-10-13/h5-7,9-11,17H,8,12H2,1-4H3. The van der Waals surface area contributed by atoms with Crippen molar-refractivity contribution >= 4 is 15.6 Å². The van der Waals surface area contributed by atoms with E-state index in [1.54, 1.807) is 20.8 Å². The molecule has 2 rings (SSSR count). The smallest absolute Gasteiger partial charge is 0.212 e. The molecule has 20 heavy (non-hydrogen) atoms. The number of hydrogen-bond donors (Lipinski definition) is 1. The summed E-state index contributed by atoms with van der Waals surface area (Å²) in [5.41, 5.74) is 1.64. The van der Waals surface area contributed by atoms with Crippen LogP contribution in [0.3, 0.4) is 0 Å². The van der Waals surface area contributed by atoms with Crippen molar-refractivity contribution in [2.24, 2.45) is 0 Å². The first-order valence-corrected chi connectivity index (χ1v) is 8.44. The monoisotopic (exact) mass is 293 g/mol. The van der Waals surface area contributed by atoms with E-state index in [9.17, 15) is 8.42 Å². The quantitative estimate of drug-likeness (QED) is 0.929. The van der Waals surface area contributed by atoms with Crippen LogP contribution in [0.25, 0.3) is 5.57 Å². The zero-order chi connectivity index (χ0) is 15.0. The molecular weight excluding hydrogens is 270 g/mol. The van der Waals surface area contributed by atoms with E-state index in [1.165, 1.54) is 0 Å². The van der Waals surface area contributed by atoms with Crippen molar-refractivity contribution in [2.45, 2.75) is 50.8 Å². The van der Waals surface area contributed by atoms with E-state index in [1.807, 2.05) is 37.3 Å². The Kier molecular flexibility index (Phi) is 3.82. The van der Waals surface area contributed by atoms with Gasteiger partial charge in [0.05, 0.1) is 10.3 Å². The van der Waals surface area contributed by atoms with Gasteiger partial charge in [-0.1, -0.05) is 36.4 Å². The average molecular weight is 293 g/mol. The highest BCUT2D eigenvalue weighted by Gasteiger charge is 2.40. The predicted octanol–water partition coefficient (Wildman–Crippen LogP) is 3.34. The zero-order valence-corrected chi connectivity index (χ0v) is 13.4. The maximum Gasteiger partial charge on any atom is 0.217 e. The number of benzene rings is 1. The summed E-state index contributed by atoms with van der Waals surface area (Å²) >= 11 is 0. The molecule has 1 atom stereocenters. The third-order valence-corrected chi connectivity index (χ3v) is 6.17. The lowest BCUT2D eigenvalue weighted by Crippen LogP contribution is -2.51. The molecule has 3 nitrogen and oxygen atoms in total. The summed E-state index contributed by atoms with van der Waals surface area (Å²) in [6, 6.07) is 9.98. The zero-order valence-electron chi connectivity index (χ0n) is 12.6. The largest absolute Gasteiger partial charge is 0.217 e. The first-order chi connectivity index (χ1) is 9.16. The second kappa shape index (κ2) is 5.01. The van der Waals surface area contributed by atoms with Gasteiger partial charge < -0.3 is 0 Å². The summed E-state index contributed by atoms with van der Waals surface area (Å²) in [7, 11) is -3.37. The molecule has 0 heterocycles. The fraction of sp³-hybridized carbons (Fsp3) is 0.500. The molecule has 0 aliphatic heterocycles. The molecule has 4 heteroatoms. The molecule has 0 radical (unpaired) electrons. The van der Waals surface area contributed by atoms with E-state index >= 15 is 0 Å². The second-order valence-corrected chi connectivity index (χ2v) is 9.01. The van der Waals surface area contributed by atoms with Gasteiger partial charge in [-0.05, 0) is 51.7 Å². The summed E-state index contributed by atoms with van der Waals surface area (Å²) in [5.74, 6) is 0. The van der Waals surface area contributed by atoms with Crippen LogP contribution in [-0.2, 0) is 10.0 Å². The molecule has 0 saturated heterocycles. The van der Waals surface area contributed by atoms with E-state index in [-0.39, 0.29) is 0 Å². The Morgan fingerprint density at radius 1 is 1.15 bits per heavy atom. The molecule has 110 valence electrons. The lowest BCUT2D eigenvalue weighted by atomic mass is 9.90. The number of rotatable bonds is 3. The second-order valence-electron chi connectivity index (χ2n) is 6.57. The Hall–Kier alpha value is -1.13. The highest BCUT2D eigenvalue weighted by Crippen LogP contribution is 2.38. The summed E-state index contributed by atoms with van der Waals surface area (Å²) in [5, 5.41) is 0. The fourth-order valence-corrected chi connectivity index (χ4v) is 3.59. The van der Waals surface area contributed by atoms with Gasteiger partial charge in [0.25, 0.3) is 0 Å². The van der Waals surface area contributed by atoms with Gasteiger partial charge in [-0.25, -0.2) is 13.1 Å². The fourth-order valence-electron chi connectivity index (χ4n) is 2.47. The van der Waals surface area contributed by atoms with Crippen LogP contribution in [0.1, 0.15) is 46.1 Å². The van der Waals surface area contributed by atoms with Gasteiger partial charge in [-0.2, -0.15) is 0 Å². The Morgan fingerprint density at radius 2 is 1.75 bits per heavy atom. The van der Waals surface area contributed by atoms with Gasteiger partial charge in [-0.3, -0.25) is 0 Å². The van der Waals surface area contributed by atoms with Crippen LogP contribution in [0.5, 0.6) is 0 Å². The minimum Gasteiger partial charge on any atom is -0.212 e. The van der Waals surface area contributed by atoms with Crippen molar-refractivity contribution in [3.05, 3.63) is 42.0 Å². The number of nitrogens with one attached hydrogen (secondary N) is 1. The van der Waals surface area contributed by atoms with Crippen molar-refractivity contribution in [1.82, 2.24) is 4.72 Å².